The van der Waals surface area contributed by atoms with Crippen LogP contribution >= 0.6 is 11.5 Å². The number of hydrogen-bond donors (Lipinski definition) is 0. The quantitative estimate of drug-likeness (QED) is 0.713. The maximum Gasteiger partial charge on any atom is 0.268 e. The number of unbranched alkanes of at least 4 members (excludes halogenated alkanes) is 2. The van der Waals surface area contributed by atoms with E-state index in [1.165, 1.54) is 19.3 Å². The Bertz CT molecular complexity index is 553. The molecule has 2 rings (SSSR count). The largest absolute Gasteiger partial charge is 0.268 e. The number of aryl methyl sites for hydroxylation is 1. The molecule has 0 saturated carbocycles. The van der Waals surface area contributed by atoms with Crippen LogP contribution in [-0.2, 0) is 6.54 Å². The number of fused-ring (bicyclic) bond motifs is 1. The van der Waals surface area contributed by atoms with Gasteiger partial charge in [-0.25, -0.2) is 0 Å². The maximum atomic E-state index is 12.1. The van der Waals surface area contributed by atoms with Crippen molar-refractivity contribution in [3.05, 3.63) is 34.6 Å². The molecule has 3 heteroatoms. The van der Waals surface area contributed by atoms with Gasteiger partial charge < -0.3 is 0 Å². The Morgan fingerprint density at radius 2 is 1.94 bits per heavy atom. The van der Waals surface area contributed by atoms with Gasteiger partial charge in [-0.15, -0.1) is 0 Å². The summed E-state index contributed by atoms with van der Waals surface area (Å²) in [7, 11) is 0. The second-order valence-corrected chi connectivity index (χ2v) is 6.30. The summed E-state index contributed by atoms with van der Waals surface area (Å²) in [5, 5.41) is 0.865. The first-order chi connectivity index (χ1) is 8.68. The predicted octanol–water partition coefficient (Wildman–Crippen LogP) is 4.28. The molecule has 0 aliphatic carbocycles. The van der Waals surface area contributed by atoms with E-state index >= 15 is 0 Å². The van der Waals surface area contributed by atoms with Gasteiger partial charge in [0.1, 0.15) is 0 Å². The molecule has 18 heavy (non-hydrogen) atoms. The number of rotatable bonds is 6. The molecule has 2 nitrogen and oxygen atoms in total. The summed E-state index contributed by atoms with van der Waals surface area (Å²) < 4.78 is 3.00. The van der Waals surface area contributed by atoms with Gasteiger partial charge in [-0.3, -0.25) is 8.75 Å². The summed E-state index contributed by atoms with van der Waals surface area (Å²) in [5.74, 6) is 0.789. The lowest BCUT2D eigenvalue weighted by Crippen LogP contribution is -2.12. The molecule has 0 N–H and O–H groups in total. The minimum Gasteiger partial charge on any atom is -0.268 e. The second-order valence-electron chi connectivity index (χ2n) is 5.24. The molecule has 1 aromatic carbocycles. The Hall–Kier alpha value is -1.09. The van der Waals surface area contributed by atoms with Gasteiger partial charge in [0, 0.05) is 6.54 Å². The van der Waals surface area contributed by atoms with Crippen molar-refractivity contribution in [2.45, 2.75) is 46.1 Å². The lowest BCUT2D eigenvalue weighted by molar-refractivity contribution is 0.512. The normalized spacial score (nSPS) is 11.5. The average molecular weight is 263 g/mol. The summed E-state index contributed by atoms with van der Waals surface area (Å²) in [6.07, 6.45) is 4.90. The summed E-state index contributed by atoms with van der Waals surface area (Å²) in [5.41, 5.74) is 0.180. The van der Waals surface area contributed by atoms with Crippen molar-refractivity contribution in [3.8, 4) is 0 Å². The molecule has 0 unspecified atom stereocenters. The minimum absolute atomic E-state index is 0.180. The van der Waals surface area contributed by atoms with E-state index in [1.54, 1.807) is 11.5 Å². The number of aromatic nitrogens is 1. The van der Waals surface area contributed by atoms with Gasteiger partial charge in [0.25, 0.3) is 5.56 Å². The first-order valence-corrected chi connectivity index (χ1v) is 7.54. The van der Waals surface area contributed by atoms with Gasteiger partial charge in [0.2, 0.25) is 0 Å². The summed E-state index contributed by atoms with van der Waals surface area (Å²) in [4.78, 5) is 12.1. The van der Waals surface area contributed by atoms with Gasteiger partial charge in [-0.05, 0) is 24.5 Å². The lowest BCUT2D eigenvalue weighted by atomic mass is 10.1. The highest BCUT2D eigenvalue weighted by Gasteiger charge is 2.05. The van der Waals surface area contributed by atoms with E-state index in [9.17, 15) is 4.79 Å². The van der Waals surface area contributed by atoms with E-state index in [0.717, 1.165) is 29.0 Å². The fourth-order valence-corrected chi connectivity index (χ4v) is 3.18. The highest BCUT2D eigenvalue weighted by molar-refractivity contribution is 7.13. The molecule has 0 saturated heterocycles. The zero-order chi connectivity index (χ0) is 13.0. The molecule has 0 spiro atoms. The van der Waals surface area contributed by atoms with Crippen molar-refractivity contribution in [1.82, 2.24) is 3.96 Å². The number of benzene rings is 1. The van der Waals surface area contributed by atoms with Crippen molar-refractivity contribution >= 4 is 21.6 Å². The average Bonchev–Trinajstić information content (AvgIpc) is 2.66. The Morgan fingerprint density at radius 3 is 2.67 bits per heavy atom. The summed E-state index contributed by atoms with van der Waals surface area (Å²) in [6.45, 7) is 5.39. The van der Waals surface area contributed by atoms with Crippen LogP contribution in [-0.4, -0.2) is 3.96 Å². The monoisotopic (exact) mass is 263 g/mol. The SMILES string of the molecule is CC(C)CCCCCn1sc2ccccc2c1=O. The topological polar surface area (TPSA) is 22.0 Å². The van der Waals surface area contributed by atoms with Crippen LogP contribution in [0.1, 0.15) is 39.5 Å². The summed E-state index contributed by atoms with van der Waals surface area (Å²) in [6, 6.07) is 7.87. The Kier molecular flexibility index (Phi) is 4.59. The van der Waals surface area contributed by atoms with E-state index in [0.29, 0.717) is 0 Å². The van der Waals surface area contributed by atoms with Crippen LogP contribution in [0.3, 0.4) is 0 Å². The molecule has 2 aromatic rings. The van der Waals surface area contributed by atoms with Crippen LogP contribution in [0, 0.1) is 5.92 Å². The van der Waals surface area contributed by atoms with Gasteiger partial charge in [0.05, 0.1) is 10.1 Å². The Balaban J connectivity index is 1.92. The highest BCUT2D eigenvalue weighted by Crippen LogP contribution is 2.16. The van der Waals surface area contributed by atoms with E-state index in [4.69, 9.17) is 0 Å². The standard InChI is InChI=1S/C15H21NOS/c1-12(2)8-4-3-7-11-16-15(17)13-9-5-6-10-14(13)18-16/h5-6,9-10,12H,3-4,7-8,11H2,1-2H3. The number of hydrogen-bond acceptors (Lipinski definition) is 2. The van der Waals surface area contributed by atoms with Crippen LogP contribution in [0.2, 0.25) is 0 Å². The van der Waals surface area contributed by atoms with E-state index in [2.05, 4.69) is 13.8 Å². The van der Waals surface area contributed by atoms with Crippen molar-refractivity contribution in [1.29, 1.82) is 0 Å². The van der Waals surface area contributed by atoms with Crippen molar-refractivity contribution in [2.75, 3.05) is 0 Å². The van der Waals surface area contributed by atoms with Gasteiger partial charge in [-0.1, -0.05) is 56.8 Å². The highest BCUT2D eigenvalue weighted by atomic mass is 32.1. The summed E-state index contributed by atoms with van der Waals surface area (Å²) >= 11 is 1.59. The van der Waals surface area contributed by atoms with E-state index < -0.39 is 0 Å². The van der Waals surface area contributed by atoms with Crippen molar-refractivity contribution in [3.63, 3.8) is 0 Å². The zero-order valence-corrected chi connectivity index (χ0v) is 12.0. The Labute approximate surface area is 112 Å². The molecule has 98 valence electrons. The van der Waals surface area contributed by atoms with Crippen molar-refractivity contribution in [2.24, 2.45) is 5.92 Å². The third kappa shape index (κ3) is 3.22. The molecule has 1 aromatic heterocycles. The zero-order valence-electron chi connectivity index (χ0n) is 11.2. The molecule has 0 aliphatic rings. The van der Waals surface area contributed by atoms with Crippen LogP contribution in [0.4, 0.5) is 0 Å². The Morgan fingerprint density at radius 1 is 1.17 bits per heavy atom. The molecule has 0 aliphatic heterocycles. The van der Waals surface area contributed by atoms with E-state index in [-0.39, 0.29) is 5.56 Å². The molecular formula is C15H21NOS. The molecule has 0 radical (unpaired) electrons. The molecule has 1 heterocycles. The maximum absolute atomic E-state index is 12.1. The molecule has 0 atom stereocenters. The minimum atomic E-state index is 0.180. The van der Waals surface area contributed by atoms with E-state index in [1.807, 2.05) is 28.2 Å². The van der Waals surface area contributed by atoms with Gasteiger partial charge >= 0.3 is 0 Å². The smallest absolute Gasteiger partial charge is 0.268 e. The fraction of sp³-hybridized carbons (Fsp3) is 0.533. The van der Waals surface area contributed by atoms with Crippen LogP contribution < -0.4 is 5.56 Å². The first kappa shape index (κ1) is 13.3. The second kappa shape index (κ2) is 6.19. The fourth-order valence-electron chi connectivity index (χ4n) is 2.15. The van der Waals surface area contributed by atoms with Crippen LogP contribution in [0.15, 0.2) is 29.1 Å². The van der Waals surface area contributed by atoms with Crippen LogP contribution in [0.25, 0.3) is 10.1 Å². The molecular weight excluding hydrogens is 242 g/mol. The predicted molar refractivity (Wildman–Crippen MR) is 79.4 cm³/mol. The number of nitrogens with zero attached hydrogens (tertiary/aromatic N) is 1. The van der Waals surface area contributed by atoms with Gasteiger partial charge in [0.15, 0.2) is 0 Å². The molecule has 0 fully saturated rings. The first-order valence-electron chi connectivity index (χ1n) is 6.77. The third-order valence-corrected chi connectivity index (χ3v) is 4.32. The van der Waals surface area contributed by atoms with Crippen molar-refractivity contribution < 1.29 is 0 Å². The molecule has 0 amide bonds. The third-order valence-electron chi connectivity index (χ3n) is 3.20. The molecule has 0 bridgehead atoms. The van der Waals surface area contributed by atoms with Crippen LogP contribution in [0.5, 0.6) is 0 Å². The lowest BCUT2D eigenvalue weighted by Gasteiger charge is -2.04. The van der Waals surface area contributed by atoms with Gasteiger partial charge in [-0.2, -0.15) is 0 Å².